The number of carboxylic acids is 1. The van der Waals surface area contributed by atoms with Crippen LogP contribution >= 0.6 is 0 Å². The molecule has 0 unspecified atom stereocenters. The van der Waals surface area contributed by atoms with Crippen molar-refractivity contribution in [2.75, 3.05) is 6.61 Å². The summed E-state index contributed by atoms with van der Waals surface area (Å²) in [6.45, 7) is 16.3. The van der Waals surface area contributed by atoms with Gasteiger partial charge in [-0.05, 0) is 44.9 Å². The Morgan fingerprint density at radius 1 is 0.893 bits per heavy atom. The number of rotatable bonds is 14. The second kappa shape index (κ2) is 18.8. The molecule has 0 aromatic rings. The molecule has 0 aromatic heterocycles. The molecule has 0 aliphatic rings. The number of carbonyl (C=O) groups is 2. The third-order valence-electron chi connectivity index (χ3n) is 4.28. The van der Waals surface area contributed by atoms with E-state index < -0.39 is 5.97 Å². The monoisotopic (exact) mass is 396 g/mol. The minimum Gasteiger partial charge on any atom is -0.478 e. The summed E-state index contributed by atoms with van der Waals surface area (Å²) in [5, 5.41) is 8.59. The van der Waals surface area contributed by atoms with Crippen LogP contribution in [-0.2, 0) is 14.3 Å². The van der Waals surface area contributed by atoms with Crippen molar-refractivity contribution in [2.24, 2.45) is 11.8 Å². The van der Waals surface area contributed by atoms with Crippen molar-refractivity contribution >= 4 is 11.9 Å². The van der Waals surface area contributed by atoms with E-state index in [-0.39, 0.29) is 5.97 Å². The maximum atomic E-state index is 11.0. The summed E-state index contributed by atoms with van der Waals surface area (Å²) in [5.74, 6) is 0.486. The molecule has 0 saturated carbocycles. The van der Waals surface area contributed by atoms with Crippen molar-refractivity contribution in [2.45, 2.75) is 99.3 Å². The van der Waals surface area contributed by atoms with Crippen LogP contribution in [-0.4, -0.2) is 23.7 Å². The standard InChI is InChI=1S/2C12H22O2/c1-10(2)8-6-5-7-9-14-12(13)11(3)4;1-10(2)8-6-4-5-7-9-11(3)12(13)14/h10H,3,5-9H2,1-2,4H3;9-10H,4-8H2,1-3H3,(H,13,14). The number of unbranched alkanes of at least 4 members (excludes halogenated alkanes) is 5. The Hall–Kier alpha value is -1.58. The highest BCUT2D eigenvalue weighted by Crippen LogP contribution is 2.10. The number of hydrogen-bond donors (Lipinski definition) is 1. The van der Waals surface area contributed by atoms with E-state index in [4.69, 9.17) is 9.84 Å². The van der Waals surface area contributed by atoms with E-state index in [0.717, 1.165) is 37.5 Å². The SMILES string of the molecule is C=C(C)C(=O)OCCCCCC(C)C.CC(=CCCCCCC(C)C)C(=O)O. The molecule has 164 valence electrons. The molecular weight excluding hydrogens is 352 g/mol. The predicted octanol–water partition coefficient (Wildman–Crippen LogP) is 6.95. The summed E-state index contributed by atoms with van der Waals surface area (Å²) in [6.07, 6.45) is 12.2. The van der Waals surface area contributed by atoms with Crippen LogP contribution in [0.25, 0.3) is 0 Å². The molecule has 0 aliphatic carbocycles. The van der Waals surface area contributed by atoms with Gasteiger partial charge in [-0.1, -0.05) is 78.9 Å². The second-order valence-corrected chi connectivity index (χ2v) is 8.38. The van der Waals surface area contributed by atoms with Crippen molar-refractivity contribution in [1.29, 1.82) is 0 Å². The third-order valence-corrected chi connectivity index (χ3v) is 4.28. The van der Waals surface area contributed by atoms with Crippen molar-refractivity contribution in [3.8, 4) is 0 Å². The summed E-state index contributed by atoms with van der Waals surface area (Å²) in [7, 11) is 0. The fraction of sp³-hybridized carbons (Fsp3) is 0.750. The number of aliphatic carboxylic acids is 1. The summed E-state index contributed by atoms with van der Waals surface area (Å²) < 4.78 is 4.97. The minimum absolute atomic E-state index is 0.270. The average molecular weight is 397 g/mol. The van der Waals surface area contributed by atoms with Gasteiger partial charge < -0.3 is 9.84 Å². The lowest BCUT2D eigenvalue weighted by Gasteiger charge is -2.05. The Kier molecular flexibility index (Phi) is 19.2. The molecule has 0 aliphatic heterocycles. The summed E-state index contributed by atoms with van der Waals surface area (Å²) in [4.78, 5) is 21.4. The van der Waals surface area contributed by atoms with E-state index in [9.17, 15) is 9.59 Å². The van der Waals surface area contributed by atoms with Gasteiger partial charge in [-0.25, -0.2) is 9.59 Å². The van der Waals surface area contributed by atoms with Crippen LogP contribution in [0.4, 0.5) is 0 Å². The fourth-order valence-corrected chi connectivity index (χ4v) is 2.40. The lowest BCUT2D eigenvalue weighted by Crippen LogP contribution is -2.06. The first kappa shape index (κ1) is 28.6. The highest BCUT2D eigenvalue weighted by Gasteiger charge is 2.02. The molecule has 0 fully saturated rings. The van der Waals surface area contributed by atoms with Crippen LogP contribution in [0, 0.1) is 11.8 Å². The molecule has 0 aromatic carbocycles. The largest absolute Gasteiger partial charge is 0.478 e. The zero-order valence-corrected chi connectivity index (χ0v) is 19.2. The first-order valence-corrected chi connectivity index (χ1v) is 10.8. The van der Waals surface area contributed by atoms with Gasteiger partial charge >= 0.3 is 11.9 Å². The van der Waals surface area contributed by atoms with Gasteiger partial charge in [0.1, 0.15) is 0 Å². The van der Waals surface area contributed by atoms with Crippen molar-refractivity contribution < 1.29 is 19.4 Å². The molecule has 1 N–H and O–H groups in total. The minimum atomic E-state index is -0.799. The van der Waals surface area contributed by atoms with Crippen LogP contribution in [0.15, 0.2) is 23.8 Å². The topological polar surface area (TPSA) is 63.6 Å². The Morgan fingerprint density at radius 2 is 1.39 bits per heavy atom. The number of esters is 1. The van der Waals surface area contributed by atoms with Gasteiger partial charge in [0.25, 0.3) is 0 Å². The molecule has 0 radical (unpaired) electrons. The van der Waals surface area contributed by atoms with Crippen LogP contribution in [0.3, 0.4) is 0 Å². The molecular formula is C24H44O4. The normalized spacial score (nSPS) is 11.2. The summed E-state index contributed by atoms with van der Waals surface area (Å²) >= 11 is 0. The average Bonchev–Trinajstić information content (AvgIpc) is 2.60. The Balaban J connectivity index is 0. The van der Waals surface area contributed by atoms with Gasteiger partial charge in [-0.2, -0.15) is 0 Å². The van der Waals surface area contributed by atoms with Crippen LogP contribution in [0.5, 0.6) is 0 Å². The van der Waals surface area contributed by atoms with E-state index in [2.05, 4.69) is 34.3 Å². The lowest BCUT2D eigenvalue weighted by atomic mass is 10.0. The molecule has 0 rings (SSSR count). The third kappa shape index (κ3) is 22.5. The van der Waals surface area contributed by atoms with Crippen LogP contribution < -0.4 is 0 Å². The van der Waals surface area contributed by atoms with E-state index in [1.165, 1.54) is 32.1 Å². The molecule has 0 amide bonds. The number of carbonyl (C=O) groups excluding carboxylic acids is 1. The molecule has 0 heterocycles. The number of allylic oxidation sites excluding steroid dienone is 1. The zero-order valence-electron chi connectivity index (χ0n) is 19.2. The molecule has 0 atom stereocenters. The van der Waals surface area contributed by atoms with Crippen LogP contribution in [0.1, 0.15) is 99.3 Å². The Morgan fingerprint density at radius 3 is 1.82 bits per heavy atom. The number of hydrogen-bond acceptors (Lipinski definition) is 3. The van der Waals surface area contributed by atoms with Gasteiger partial charge in [0.05, 0.1) is 6.61 Å². The van der Waals surface area contributed by atoms with Crippen molar-refractivity contribution in [3.05, 3.63) is 23.8 Å². The number of ether oxygens (including phenoxy) is 1. The molecule has 4 nitrogen and oxygen atoms in total. The Bertz CT molecular complexity index is 461. The van der Waals surface area contributed by atoms with Crippen molar-refractivity contribution in [1.82, 2.24) is 0 Å². The first-order valence-electron chi connectivity index (χ1n) is 10.8. The highest BCUT2D eigenvalue weighted by molar-refractivity contribution is 5.86. The molecule has 0 saturated heterocycles. The lowest BCUT2D eigenvalue weighted by molar-refractivity contribution is -0.139. The first-order chi connectivity index (χ1) is 13.1. The molecule has 0 spiro atoms. The molecule has 0 bridgehead atoms. The molecule has 28 heavy (non-hydrogen) atoms. The second-order valence-electron chi connectivity index (χ2n) is 8.38. The summed E-state index contributed by atoms with van der Waals surface area (Å²) in [6, 6.07) is 0. The maximum absolute atomic E-state index is 11.0. The molecule has 4 heteroatoms. The Labute approximate surface area is 173 Å². The van der Waals surface area contributed by atoms with Crippen LogP contribution in [0.2, 0.25) is 0 Å². The summed E-state index contributed by atoms with van der Waals surface area (Å²) in [5.41, 5.74) is 0.945. The van der Waals surface area contributed by atoms with Gasteiger partial charge in [0.2, 0.25) is 0 Å². The zero-order chi connectivity index (χ0) is 21.9. The fourth-order valence-electron chi connectivity index (χ4n) is 2.40. The van der Waals surface area contributed by atoms with E-state index in [1.807, 2.05) is 6.08 Å². The quantitative estimate of drug-likeness (QED) is 0.196. The maximum Gasteiger partial charge on any atom is 0.333 e. The van der Waals surface area contributed by atoms with Gasteiger partial charge in [0, 0.05) is 11.1 Å². The highest BCUT2D eigenvalue weighted by atomic mass is 16.5. The van der Waals surface area contributed by atoms with Gasteiger partial charge in [0.15, 0.2) is 0 Å². The van der Waals surface area contributed by atoms with Gasteiger partial charge in [-0.15, -0.1) is 0 Å². The van der Waals surface area contributed by atoms with Gasteiger partial charge in [-0.3, -0.25) is 0 Å². The van der Waals surface area contributed by atoms with E-state index >= 15 is 0 Å². The van der Waals surface area contributed by atoms with E-state index in [0.29, 0.717) is 17.8 Å². The predicted molar refractivity (Wildman–Crippen MR) is 118 cm³/mol. The van der Waals surface area contributed by atoms with E-state index in [1.54, 1.807) is 13.8 Å². The number of carboxylic acid groups (broad SMARTS) is 1. The van der Waals surface area contributed by atoms with Crippen molar-refractivity contribution in [3.63, 3.8) is 0 Å². The smallest absolute Gasteiger partial charge is 0.333 e.